The second kappa shape index (κ2) is 6.71. The highest BCUT2D eigenvalue weighted by atomic mass is 19.1. The number of anilines is 1. The highest BCUT2D eigenvalue weighted by Crippen LogP contribution is 2.16. The molecule has 0 aliphatic rings. The van der Waals surface area contributed by atoms with E-state index in [1.54, 1.807) is 30.3 Å². The fraction of sp³-hybridized carbons (Fsp3) is 0.125. The van der Waals surface area contributed by atoms with E-state index in [0.29, 0.717) is 5.69 Å². The number of primary amides is 1. The predicted octanol–water partition coefficient (Wildman–Crippen LogP) is 2.81. The summed E-state index contributed by atoms with van der Waals surface area (Å²) in [6, 6.07) is 11.5. The fourth-order valence-corrected chi connectivity index (χ4v) is 1.99. The van der Waals surface area contributed by atoms with Crippen LogP contribution in [0.5, 0.6) is 0 Å². The molecule has 0 bridgehead atoms. The summed E-state index contributed by atoms with van der Waals surface area (Å²) in [7, 11) is 0. The monoisotopic (exact) mass is 301 g/mol. The molecule has 2 aromatic rings. The Kier molecular flexibility index (Phi) is 4.73. The Morgan fingerprint density at radius 1 is 1.14 bits per heavy atom. The van der Waals surface area contributed by atoms with Gasteiger partial charge in [-0.3, -0.25) is 4.79 Å². The third-order valence-electron chi connectivity index (χ3n) is 3.11. The summed E-state index contributed by atoms with van der Waals surface area (Å²) in [6.07, 6.45) is 0. The minimum absolute atomic E-state index is 0.263. The van der Waals surface area contributed by atoms with Crippen LogP contribution in [0.2, 0.25) is 0 Å². The Hall–Kier alpha value is -2.89. The maximum absolute atomic E-state index is 13.1. The molecule has 0 aromatic heterocycles. The van der Waals surface area contributed by atoms with E-state index in [-0.39, 0.29) is 17.5 Å². The molecule has 0 heterocycles. The highest BCUT2D eigenvalue weighted by Gasteiger charge is 2.12. The lowest BCUT2D eigenvalue weighted by molar-refractivity contribution is 0.0939. The molecule has 0 saturated heterocycles. The minimum Gasteiger partial charge on any atom is -0.351 e. The zero-order chi connectivity index (χ0) is 16.1. The molecule has 2 rings (SSSR count). The third kappa shape index (κ3) is 4.05. The fourth-order valence-electron chi connectivity index (χ4n) is 1.99. The van der Waals surface area contributed by atoms with Crippen molar-refractivity contribution in [1.29, 1.82) is 0 Å². The van der Waals surface area contributed by atoms with Gasteiger partial charge in [-0.15, -0.1) is 0 Å². The first kappa shape index (κ1) is 15.5. The number of rotatable bonds is 4. The lowest BCUT2D eigenvalue weighted by atomic mass is 10.1. The molecule has 6 heteroatoms. The SMILES string of the molecule is C[C@H](NC(=O)c1cccc(F)c1)c1ccc(NC(N)=O)cc1. The average molecular weight is 301 g/mol. The van der Waals surface area contributed by atoms with E-state index >= 15 is 0 Å². The number of amides is 3. The van der Waals surface area contributed by atoms with Crippen LogP contribution in [0.1, 0.15) is 28.9 Å². The molecule has 0 radical (unpaired) electrons. The molecule has 5 nitrogen and oxygen atoms in total. The first-order chi connectivity index (χ1) is 10.5. The van der Waals surface area contributed by atoms with Gasteiger partial charge < -0.3 is 16.4 Å². The molecule has 22 heavy (non-hydrogen) atoms. The van der Waals surface area contributed by atoms with Crippen molar-refractivity contribution in [2.45, 2.75) is 13.0 Å². The predicted molar refractivity (Wildman–Crippen MR) is 81.9 cm³/mol. The van der Waals surface area contributed by atoms with Gasteiger partial charge >= 0.3 is 6.03 Å². The number of carbonyl (C=O) groups is 2. The highest BCUT2D eigenvalue weighted by molar-refractivity contribution is 5.94. The number of halogens is 1. The molecule has 0 aliphatic heterocycles. The Balaban J connectivity index is 2.03. The molecule has 0 saturated carbocycles. The number of urea groups is 1. The van der Waals surface area contributed by atoms with Crippen LogP contribution < -0.4 is 16.4 Å². The van der Waals surface area contributed by atoms with Crippen molar-refractivity contribution in [1.82, 2.24) is 5.32 Å². The van der Waals surface area contributed by atoms with Gasteiger partial charge in [0.2, 0.25) is 0 Å². The van der Waals surface area contributed by atoms with Crippen molar-refractivity contribution in [2.75, 3.05) is 5.32 Å². The normalized spacial score (nSPS) is 11.5. The van der Waals surface area contributed by atoms with E-state index in [1.807, 2.05) is 6.92 Å². The largest absolute Gasteiger partial charge is 0.351 e. The van der Waals surface area contributed by atoms with Gasteiger partial charge in [-0.1, -0.05) is 18.2 Å². The number of hydrogen-bond donors (Lipinski definition) is 3. The summed E-state index contributed by atoms with van der Waals surface area (Å²) in [5.41, 5.74) is 6.71. The summed E-state index contributed by atoms with van der Waals surface area (Å²) in [6.45, 7) is 1.81. The molecule has 0 spiro atoms. The van der Waals surface area contributed by atoms with E-state index in [4.69, 9.17) is 5.73 Å². The maximum Gasteiger partial charge on any atom is 0.316 e. The van der Waals surface area contributed by atoms with Crippen LogP contribution in [0.25, 0.3) is 0 Å². The molecule has 0 unspecified atom stereocenters. The Labute approximate surface area is 127 Å². The van der Waals surface area contributed by atoms with Crippen LogP contribution in [0.4, 0.5) is 14.9 Å². The summed E-state index contributed by atoms with van der Waals surface area (Å²) < 4.78 is 13.1. The first-order valence-electron chi connectivity index (χ1n) is 6.68. The van der Waals surface area contributed by atoms with Crippen molar-refractivity contribution in [2.24, 2.45) is 5.73 Å². The van der Waals surface area contributed by atoms with Crippen molar-refractivity contribution in [3.05, 3.63) is 65.5 Å². The summed E-state index contributed by atoms with van der Waals surface area (Å²) in [5, 5.41) is 5.24. The minimum atomic E-state index is -0.639. The van der Waals surface area contributed by atoms with Gasteiger partial charge in [0.05, 0.1) is 6.04 Å². The van der Waals surface area contributed by atoms with E-state index in [1.165, 1.54) is 18.2 Å². The lowest BCUT2D eigenvalue weighted by Crippen LogP contribution is -2.26. The zero-order valence-corrected chi connectivity index (χ0v) is 12.0. The molecule has 114 valence electrons. The Bertz CT molecular complexity index is 686. The molecular weight excluding hydrogens is 285 g/mol. The Morgan fingerprint density at radius 2 is 1.82 bits per heavy atom. The van der Waals surface area contributed by atoms with E-state index in [2.05, 4.69) is 10.6 Å². The van der Waals surface area contributed by atoms with Gasteiger partial charge in [0.25, 0.3) is 5.91 Å². The van der Waals surface area contributed by atoms with Crippen molar-refractivity contribution >= 4 is 17.6 Å². The first-order valence-corrected chi connectivity index (χ1v) is 6.68. The van der Waals surface area contributed by atoms with Crippen LogP contribution in [0.3, 0.4) is 0 Å². The molecular formula is C16H16FN3O2. The topological polar surface area (TPSA) is 84.2 Å². The van der Waals surface area contributed by atoms with Gasteiger partial charge in [-0.05, 0) is 42.8 Å². The van der Waals surface area contributed by atoms with Crippen LogP contribution in [-0.2, 0) is 0 Å². The number of nitrogens with two attached hydrogens (primary N) is 1. The molecule has 2 aromatic carbocycles. The molecule has 0 fully saturated rings. The van der Waals surface area contributed by atoms with Gasteiger partial charge in [0.1, 0.15) is 5.82 Å². The standard InChI is InChI=1S/C16H16FN3O2/c1-10(11-5-7-14(8-6-11)20-16(18)22)19-15(21)12-3-2-4-13(17)9-12/h2-10H,1H3,(H,19,21)(H3,18,20,22)/t10-/m0/s1. The van der Waals surface area contributed by atoms with Crippen molar-refractivity contribution in [3.8, 4) is 0 Å². The molecule has 3 amide bonds. The summed E-state index contributed by atoms with van der Waals surface area (Å²) >= 11 is 0. The van der Waals surface area contributed by atoms with Crippen LogP contribution in [0.15, 0.2) is 48.5 Å². The molecule has 0 aliphatic carbocycles. The van der Waals surface area contributed by atoms with Crippen LogP contribution in [-0.4, -0.2) is 11.9 Å². The third-order valence-corrected chi connectivity index (χ3v) is 3.11. The molecule has 4 N–H and O–H groups in total. The number of benzene rings is 2. The zero-order valence-electron chi connectivity index (χ0n) is 12.0. The Morgan fingerprint density at radius 3 is 2.41 bits per heavy atom. The van der Waals surface area contributed by atoms with Gasteiger partial charge in [-0.25, -0.2) is 9.18 Å². The van der Waals surface area contributed by atoms with E-state index in [0.717, 1.165) is 5.56 Å². The van der Waals surface area contributed by atoms with E-state index < -0.39 is 11.8 Å². The van der Waals surface area contributed by atoms with Crippen molar-refractivity contribution in [3.63, 3.8) is 0 Å². The number of nitrogens with one attached hydrogen (secondary N) is 2. The van der Waals surface area contributed by atoms with E-state index in [9.17, 15) is 14.0 Å². The second-order valence-electron chi connectivity index (χ2n) is 4.82. The quantitative estimate of drug-likeness (QED) is 0.811. The van der Waals surface area contributed by atoms with Gasteiger partial charge in [0.15, 0.2) is 0 Å². The van der Waals surface area contributed by atoms with Crippen LogP contribution >= 0.6 is 0 Å². The molecule has 1 atom stereocenters. The van der Waals surface area contributed by atoms with Gasteiger partial charge in [0, 0.05) is 11.3 Å². The van der Waals surface area contributed by atoms with Gasteiger partial charge in [-0.2, -0.15) is 0 Å². The summed E-state index contributed by atoms with van der Waals surface area (Å²) in [5.74, 6) is -0.812. The number of hydrogen-bond acceptors (Lipinski definition) is 2. The smallest absolute Gasteiger partial charge is 0.316 e. The summed E-state index contributed by atoms with van der Waals surface area (Å²) in [4.78, 5) is 22.8. The number of carbonyl (C=O) groups excluding carboxylic acids is 2. The maximum atomic E-state index is 13.1. The lowest BCUT2D eigenvalue weighted by Gasteiger charge is -2.15. The average Bonchev–Trinajstić information content (AvgIpc) is 2.47. The van der Waals surface area contributed by atoms with Crippen molar-refractivity contribution < 1.29 is 14.0 Å². The van der Waals surface area contributed by atoms with Crippen LogP contribution in [0, 0.1) is 5.82 Å². The second-order valence-corrected chi connectivity index (χ2v) is 4.82.